The van der Waals surface area contributed by atoms with Gasteiger partial charge in [-0.3, -0.25) is 0 Å². The van der Waals surface area contributed by atoms with Crippen molar-refractivity contribution >= 4 is 11.3 Å². The molecule has 0 saturated carbocycles. The van der Waals surface area contributed by atoms with Crippen molar-refractivity contribution in [2.45, 2.75) is 20.1 Å². The highest BCUT2D eigenvalue weighted by Crippen LogP contribution is 2.21. The van der Waals surface area contributed by atoms with Gasteiger partial charge in [0, 0.05) is 23.4 Å². The van der Waals surface area contributed by atoms with E-state index in [1.54, 1.807) is 18.4 Å². The highest BCUT2D eigenvalue weighted by atomic mass is 32.1. The second-order valence-electron chi connectivity index (χ2n) is 3.66. The molecule has 5 heteroatoms. The maximum atomic E-state index is 5.59. The van der Waals surface area contributed by atoms with Crippen LogP contribution in [0.25, 0.3) is 0 Å². The van der Waals surface area contributed by atoms with Crippen LogP contribution in [0, 0.1) is 6.92 Å². The van der Waals surface area contributed by atoms with Crippen molar-refractivity contribution < 1.29 is 14.2 Å². The van der Waals surface area contributed by atoms with Gasteiger partial charge in [0.1, 0.15) is 0 Å². The molecule has 4 nitrogen and oxygen atoms in total. The monoisotopic (exact) mass is 259 g/mol. The molecule has 0 unspecified atom stereocenters. The van der Waals surface area contributed by atoms with Crippen LogP contribution in [0.15, 0.2) is 6.07 Å². The Bertz CT molecular complexity index is 315. The van der Waals surface area contributed by atoms with Crippen LogP contribution in [-0.2, 0) is 27.4 Å². The number of hydrogen-bond donors (Lipinski definition) is 1. The molecule has 1 rings (SSSR count). The smallest absolute Gasteiger partial charge is 0.0728 e. The zero-order valence-electron chi connectivity index (χ0n) is 10.5. The molecule has 0 atom stereocenters. The third-order valence-electron chi connectivity index (χ3n) is 2.33. The lowest BCUT2D eigenvalue weighted by molar-refractivity contribution is 0.0199. The Morgan fingerprint density at radius 1 is 1.18 bits per heavy atom. The summed E-state index contributed by atoms with van der Waals surface area (Å²) in [5.74, 6) is 0. The average molecular weight is 259 g/mol. The van der Waals surface area contributed by atoms with Gasteiger partial charge in [-0.25, -0.2) is 0 Å². The molecule has 0 aromatic carbocycles. The van der Waals surface area contributed by atoms with Crippen molar-refractivity contribution in [3.05, 3.63) is 21.4 Å². The lowest BCUT2D eigenvalue weighted by atomic mass is 10.2. The van der Waals surface area contributed by atoms with E-state index in [2.05, 4.69) is 13.0 Å². The molecule has 0 bridgehead atoms. The molecule has 17 heavy (non-hydrogen) atoms. The Balaban J connectivity index is 2.11. The van der Waals surface area contributed by atoms with Crippen molar-refractivity contribution in [1.29, 1.82) is 0 Å². The summed E-state index contributed by atoms with van der Waals surface area (Å²) in [4.78, 5) is 2.49. The molecule has 2 N–H and O–H groups in total. The van der Waals surface area contributed by atoms with Crippen LogP contribution in [0.1, 0.15) is 15.3 Å². The first kappa shape index (κ1) is 14.6. The van der Waals surface area contributed by atoms with Gasteiger partial charge in [-0.2, -0.15) is 0 Å². The highest BCUT2D eigenvalue weighted by Gasteiger charge is 2.04. The van der Waals surface area contributed by atoms with Crippen LogP contribution in [-0.4, -0.2) is 33.5 Å². The highest BCUT2D eigenvalue weighted by molar-refractivity contribution is 7.12. The van der Waals surface area contributed by atoms with Crippen LogP contribution in [0.3, 0.4) is 0 Å². The molecule has 0 aliphatic rings. The Morgan fingerprint density at radius 2 is 1.88 bits per heavy atom. The Kier molecular flexibility index (Phi) is 7.39. The number of nitrogens with two attached hydrogens (primary N) is 1. The summed E-state index contributed by atoms with van der Waals surface area (Å²) in [6.07, 6.45) is 0. The molecular formula is C12H21NO3S. The molecule has 0 fully saturated rings. The maximum absolute atomic E-state index is 5.59. The lowest BCUT2D eigenvalue weighted by Crippen LogP contribution is -2.08. The van der Waals surface area contributed by atoms with Crippen molar-refractivity contribution in [2.24, 2.45) is 5.73 Å². The number of thiophene rings is 1. The van der Waals surface area contributed by atoms with Crippen LogP contribution < -0.4 is 5.73 Å². The molecule has 0 aliphatic carbocycles. The SMILES string of the molecule is COCCOCCOCc1cc(CN)sc1C. The van der Waals surface area contributed by atoms with E-state index >= 15 is 0 Å². The van der Waals surface area contributed by atoms with Crippen molar-refractivity contribution in [3.63, 3.8) is 0 Å². The Morgan fingerprint density at radius 3 is 2.53 bits per heavy atom. The molecule has 98 valence electrons. The first-order chi connectivity index (χ1) is 8.27. The molecule has 1 heterocycles. The summed E-state index contributed by atoms with van der Waals surface area (Å²) in [7, 11) is 1.66. The molecule has 0 aliphatic heterocycles. The van der Waals surface area contributed by atoms with E-state index in [0.717, 1.165) is 0 Å². The predicted octanol–water partition coefficient (Wildman–Crippen LogP) is 1.69. The van der Waals surface area contributed by atoms with E-state index in [1.807, 2.05) is 0 Å². The summed E-state index contributed by atoms with van der Waals surface area (Å²) in [5, 5.41) is 0. The second kappa shape index (κ2) is 8.60. The molecule has 1 aromatic rings. The van der Waals surface area contributed by atoms with E-state index in [1.165, 1.54) is 15.3 Å². The largest absolute Gasteiger partial charge is 0.382 e. The van der Waals surface area contributed by atoms with Crippen molar-refractivity contribution in [3.8, 4) is 0 Å². The van der Waals surface area contributed by atoms with Gasteiger partial charge in [-0.05, 0) is 18.6 Å². The van der Waals surface area contributed by atoms with E-state index < -0.39 is 0 Å². The Labute approximate surface area is 107 Å². The third kappa shape index (κ3) is 5.61. The Hall–Kier alpha value is -0.460. The number of hydrogen-bond acceptors (Lipinski definition) is 5. The first-order valence-corrected chi connectivity index (χ1v) is 6.52. The fourth-order valence-corrected chi connectivity index (χ4v) is 2.30. The summed E-state index contributed by atoms with van der Waals surface area (Å²) >= 11 is 1.74. The predicted molar refractivity (Wildman–Crippen MR) is 69.3 cm³/mol. The normalized spacial score (nSPS) is 11.0. The van der Waals surface area contributed by atoms with Crippen molar-refractivity contribution in [1.82, 2.24) is 0 Å². The minimum Gasteiger partial charge on any atom is -0.382 e. The van der Waals surface area contributed by atoms with Crippen molar-refractivity contribution in [2.75, 3.05) is 33.5 Å². The van der Waals surface area contributed by atoms with Crippen LogP contribution >= 0.6 is 11.3 Å². The molecular weight excluding hydrogens is 238 g/mol. The second-order valence-corrected chi connectivity index (χ2v) is 5.00. The molecule has 1 aromatic heterocycles. The number of aryl methyl sites for hydroxylation is 1. The van der Waals surface area contributed by atoms with E-state index in [0.29, 0.717) is 39.6 Å². The fourth-order valence-electron chi connectivity index (χ4n) is 1.38. The topological polar surface area (TPSA) is 53.7 Å². The minimum absolute atomic E-state index is 0.603. The third-order valence-corrected chi connectivity index (χ3v) is 3.45. The van der Waals surface area contributed by atoms with Gasteiger partial charge in [0.05, 0.1) is 33.0 Å². The molecule has 0 amide bonds. The summed E-state index contributed by atoms with van der Waals surface area (Å²) < 4.78 is 15.7. The van der Waals surface area contributed by atoms with Crippen LogP contribution in [0.4, 0.5) is 0 Å². The van der Waals surface area contributed by atoms with E-state index in [-0.39, 0.29) is 0 Å². The van der Waals surface area contributed by atoms with Gasteiger partial charge in [-0.15, -0.1) is 11.3 Å². The van der Waals surface area contributed by atoms with Gasteiger partial charge >= 0.3 is 0 Å². The number of ether oxygens (including phenoxy) is 3. The van der Waals surface area contributed by atoms with E-state index in [4.69, 9.17) is 19.9 Å². The van der Waals surface area contributed by atoms with Crippen LogP contribution in [0.2, 0.25) is 0 Å². The summed E-state index contributed by atoms with van der Waals surface area (Å²) in [6.45, 7) is 5.80. The van der Waals surface area contributed by atoms with Crippen LogP contribution in [0.5, 0.6) is 0 Å². The van der Waals surface area contributed by atoms with E-state index in [9.17, 15) is 0 Å². The molecule has 0 saturated heterocycles. The van der Waals surface area contributed by atoms with Gasteiger partial charge in [0.2, 0.25) is 0 Å². The van der Waals surface area contributed by atoms with Gasteiger partial charge in [0.25, 0.3) is 0 Å². The zero-order valence-corrected chi connectivity index (χ0v) is 11.3. The average Bonchev–Trinajstić information content (AvgIpc) is 2.69. The maximum Gasteiger partial charge on any atom is 0.0728 e. The minimum atomic E-state index is 0.603. The van der Waals surface area contributed by atoms with Gasteiger partial charge in [-0.1, -0.05) is 0 Å². The quantitative estimate of drug-likeness (QED) is 0.686. The standard InChI is InChI=1S/C12H21NO3S/c1-10-11(7-12(8-13)17-10)9-16-6-5-15-4-3-14-2/h7H,3-6,8-9,13H2,1-2H3. The summed E-state index contributed by atoms with van der Waals surface area (Å²) in [6, 6.07) is 2.12. The summed E-state index contributed by atoms with van der Waals surface area (Å²) in [5.41, 5.74) is 6.82. The van der Waals surface area contributed by atoms with Gasteiger partial charge < -0.3 is 19.9 Å². The lowest BCUT2D eigenvalue weighted by Gasteiger charge is -2.05. The fraction of sp³-hybridized carbons (Fsp3) is 0.667. The first-order valence-electron chi connectivity index (χ1n) is 5.70. The van der Waals surface area contributed by atoms with Gasteiger partial charge in [0.15, 0.2) is 0 Å². The molecule has 0 spiro atoms. The number of methoxy groups -OCH3 is 1. The molecule has 0 radical (unpaired) electrons. The zero-order chi connectivity index (χ0) is 12.5. The number of rotatable bonds is 9.